The van der Waals surface area contributed by atoms with E-state index in [1.54, 1.807) is 24.3 Å². The zero-order valence-electron chi connectivity index (χ0n) is 9.33. The van der Waals surface area contributed by atoms with Gasteiger partial charge in [-0.2, -0.15) is 0 Å². The third-order valence-corrected chi connectivity index (χ3v) is 2.54. The van der Waals surface area contributed by atoms with Crippen molar-refractivity contribution < 1.29 is 19.4 Å². The Labute approximate surface area is 99.1 Å². The van der Waals surface area contributed by atoms with Crippen LogP contribution in [0.4, 0.5) is 0 Å². The molecule has 1 aromatic rings. The highest BCUT2D eigenvalue weighted by Gasteiger charge is 2.23. The summed E-state index contributed by atoms with van der Waals surface area (Å²) in [6.45, 7) is 1.32. The standard InChI is InChI=1S/C12H15NO4/c13-11(5-12(14)15)8-1-3-9(4-2-8)16-6-10-7-17-10/h1-4,10-11H,5-7,13H2,(H,14,15). The van der Waals surface area contributed by atoms with E-state index in [9.17, 15) is 4.79 Å². The van der Waals surface area contributed by atoms with Gasteiger partial charge in [0.05, 0.1) is 13.0 Å². The topological polar surface area (TPSA) is 85.1 Å². The molecule has 1 heterocycles. The fourth-order valence-electron chi connectivity index (χ4n) is 1.47. The van der Waals surface area contributed by atoms with Crippen LogP contribution >= 0.6 is 0 Å². The first kappa shape index (κ1) is 11.9. The molecule has 5 nitrogen and oxygen atoms in total. The van der Waals surface area contributed by atoms with Crippen LogP contribution in [-0.2, 0) is 9.53 Å². The average Bonchev–Trinajstić information content (AvgIpc) is 3.10. The van der Waals surface area contributed by atoms with Crippen LogP contribution in [0, 0.1) is 0 Å². The van der Waals surface area contributed by atoms with Gasteiger partial charge in [-0.05, 0) is 17.7 Å². The quantitative estimate of drug-likeness (QED) is 0.719. The fraction of sp³-hybridized carbons (Fsp3) is 0.417. The van der Waals surface area contributed by atoms with Gasteiger partial charge in [0.15, 0.2) is 0 Å². The molecule has 1 fully saturated rings. The number of epoxide rings is 1. The van der Waals surface area contributed by atoms with Crippen molar-refractivity contribution in [2.24, 2.45) is 5.73 Å². The Morgan fingerprint density at radius 2 is 2.18 bits per heavy atom. The van der Waals surface area contributed by atoms with Gasteiger partial charge in [-0.15, -0.1) is 0 Å². The van der Waals surface area contributed by atoms with Crippen LogP contribution in [0.25, 0.3) is 0 Å². The third kappa shape index (κ3) is 3.72. The molecule has 0 amide bonds. The van der Waals surface area contributed by atoms with Crippen molar-refractivity contribution in [3.8, 4) is 5.75 Å². The molecule has 17 heavy (non-hydrogen) atoms. The van der Waals surface area contributed by atoms with Crippen LogP contribution in [-0.4, -0.2) is 30.4 Å². The van der Waals surface area contributed by atoms with Crippen LogP contribution in [0.1, 0.15) is 18.0 Å². The van der Waals surface area contributed by atoms with Gasteiger partial charge in [0.1, 0.15) is 18.5 Å². The molecule has 1 saturated heterocycles. The molecule has 0 saturated carbocycles. The number of carbonyl (C=O) groups is 1. The van der Waals surface area contributed by atoms with Gasteiger partial charge in [-0.1, -0.05) is 12.1 Å². The van der Waals surface area contributed by atoms with Gasteiger partial charge in [0.25, 0.3) is 0 Å². The van der Waals surface area contributed by atoms with Gasteiger partial charge in [0, 0.05) is 6.04 Å². The number of carboxylic acids is 1. The smallest absolute Gasteiger partial charge is 0.305 e. The zero-order chi connectivity index (χ0) is 12.3. The van der Waals surface area contributed by atoms with E-state index in [1.165, 1.54) is 0 Å². The first-order valence-corrected chi connectivity index (χ1v) is 5.47. The van der Waals surface area contributed by atoms with Crippen molar-refractivity contribution in [3.63, 3.8) is 0 Å². The van der Waals surface area contributed by atoms with E-state index in [4.69, 9.17) is 20.3 Å². The number of hydrogen-bond donors (Lipinski definition) is 2. The Morgan fingerprint density at radius 3 is 2.71 bits per heavy atom. The first-order chi connectivity index (χ1) is 8.15. The Balaban J connectivity index is 1.89. The summed E-state index contributed by atoms with van der Waals surface area (Å²) < 4.78 is 10.5. The third-order valence-electron chi connectivity index (χ3n) is 2.54. The first-order valence-electron chi connectivity index (χ1n) is 5.47. The second-order valence-electron chi connectivity index (χ2n) is 4.04. The Morgan fingerprint density at radius 1 is 1.53 bits per heavy atom. The van der Waals surface area contributed by atoms with Gasteiger partial charge < -0.3 is 20.3 Å². The van der Waals surface area contributed by atoms with Crippen LogP contribution in [0.15, 0.2) is 24.3 Å². The molecule has 1 aromatic carbocycles. The Kier molecular flexibility index (Phi) is 3.61. The van der Waals surface area contributed by atoms with E-state index in [2.05, 4.69) is 0 Å². The minimum absolute atomic E-state index is 0.0733. The number of benzene rings is 1. The fourth-order valence-corrected chi connectivity index (χ4v) is 1.47. The molecule has 0 bridgehead atoms. The summed E-state index contributed by atoms with van der Waals surface area (Å²) in [5, 5.41) is 8.63. The van der Waals surface area contributed by atoms with E-state index in [-0.39, 0.29) is 12.5 Å². The number of hydrogen-bond acceptors (Lipinski definition) is 4. The van der Waals surface area contributed by atoms with Crippen molar-refractivity contribution in [1.82, 2.24) is 0 Å². The summed E-state index contributed by atoms with van der Waals surface area (Å²) in [4.78, 5) is 10.5. The van der Waals surface area contributed by atoms with Gasteiger partial charge in [-0.25, -0.2) is 0 Å². The summed E-state index contributed by atoms with van der Waals surface area (Å²) in [7, 11) is 0. The Bertz CT molecular complexity index is 386. The second kappa shape index (κ2) is 5.16. The molecule has 1 aliphatic heterocycles. The highest BCUT2D eigenvalue weighted by atomic mass is 16.6. The molecule has 3 N–H and O–H groups in total. The molecule has 2 atom stereocenters. The molecule has 92 valence electrons. The van der Waals surface area contributed by atoms with E-state index < -0.39 is 12.0 Å². The largest absolute Gasteiger partial charge is 0.491 e. The molecular formula is C12H15NO4. The summed E-state index contributed by atoms with van der Waals surface area (Å²) in [6.07, 6.45) is 0.153. The summed E-state index contributed by atoms with van der Waals surface area (Å²) in [6, 6.07) is 6.68. The van der Waals surface area contributed by atoms with Crippen molar-refractivity contribution >= 4 is 5.97 Å². The summed E-state index contributed by atoms with van der Waals surface area (Å²) >= 11 is 0. The average molecular weight is 237 g/mol. The lowest BCUT2D eigenvalue weighted by Crippen LogP contribution is -2.14. The van der Waals surface area contributed by atoms with E-state index >= 15 is 0 Å². The molecule has 0 aromatic heterocycles. The van der Waals surface area contributed by atoms with E-state index in [0.29, 0.717) is 6.61 Å². The van der Waals surface area contributed by atoms with Crippen LogP contribution in [0.3, 0.4) is 0 Å². The normalized spacial score (nSPS) is 19.7. The molecule has 0 radical (unpaired) electrons. The molecule has 2 rings (SSSR count). The zero-order valence-corrected chi connectivity index (χ0v) is 9.33. The number of ether oxygens (including phenoxy) is 2. The van der Waals surface area contributed by atoms with Crippen LogP contribution in [0.2, 0.25) is 0 Å². The highest BCUT2D eigenvalue weighted by molar-refractivity contribution is 5.67. The van der Waals surface area contributed by atoms with Gasteiger partial charge in [-0.3, -0.25) is 4.79 Å². The van der Waals surface area contributed by atoms with Crippen molar-refractivity contribution in [3.05, 3.63) is 29.8 Å². The predicted octanol–water partition coefficient (Wildman–Crippen LogP) is 0.939. The molecule has 1 aliphatic rings. The van der Waals surface area contributed by atoms with Crippen molar-refractivity contribution in [1.29, 1.82) is 0 Å². The maximum Gasteiger partial charge on any atom is 0.305 e. The second-order valence-corrected chi connectivity index (χ2v) is 4.04. The number of rotatable bonds is 6. The summed E-state index contributed by atoms with van der Waals surface area (Å²) in [5.41, 5.74) is 6.53. The van der Waals surface area contributed by atoms with Crippen molar-refractivity contribution in [2.75, 3.05) is 13.2 Å². The maximum absolute atomic E-state index is 10.5. The number of nitrogens with two attached hydrogens (primary N) is 1. The van der Waals surface area contributed by atoms with Crippen LogP contribution in [0.5, 0.6) is 5.75 Å². The molecule has 0 aliphatic carbocycles. The molecule has 0 spiro atoms. The molecule has 2 unspecified atom stereocenters. The Hall–Kier alpha value is -1.59. The predicted molar refractivity (Wildman–Crippen MR) is 60.9 cm³/mol. The highest BCUT2D eigenvalue weighted by Crippen LogP contribution is 2.19. The lowest BCUT2D eigenvalue weighted by molar-refractivity contribution is -0.137. The minimum Gasteiger partial charge on any atom is -0.491 e. The summed E-state index contributed by atoms with van der Waals surface area (Å²) in [5.74, 6) is -0.157. The lowest BCUT2D eigenvalue weighted by atomic mass is 10.1. The van der Waals surface area contributed by atoms with Crippen molar-refractivity contribution in [2.45, 2.75) is 18.6 Å². The SMILES string of the molecule is NC(CC(=O)O)c1ccc(OCC2CO2)cc1. The monoisotopic (exact) mass is 237 g/mol. The van der Waals surface area contributed by atoms with Crippen LogP contribution < -0.4 is 10.5 Å². The molecule has 5 heteroatoms. The number of aliphatic carboxylic acids is 1. The molecular weight excluding hydrogens is 222 g/mol. The number of carboxylic acid groups (broad SMARTS) is 1. The minimum atomic E-state index is -0.899. The van der Waals surface area contributed by atoms with E-state index in [1.807, 2.05) is 0 Å². The van der Waals surface area contributed by atoms with Gasteiger partial charge in [0.2, 0.25) is 0 Å². The lowest BCUT2D eigenvalue weighted by Gasteiger charge is -2.10. The maximum atomic E-state index is 10.5. The van der Waals surface area contributed by atoms with Gasteiger partial charge >= 0.3 is 5.97 Å². The van der Waals surface area contributed by atoms with E-state index in [0.717, 1.165) is 17.9 Å².